The Bertz CT molecular complexity index is 619. The summed E-state index contributed by atoms with van der Waals surface area (Å²) in [6.07, 6.45) is 2.49. The van der Waals surface area contributed by atoms with Crippen molar-refractivity contribution in [3.05, 3.63) is 48.2 Å². The number of anilines is 1. The van der Waals surface area contributed by atoms with Gasteiger partial charge in [0.05, 0.1) is 0 Å². The molecule has 0 amide bonds. The molecule has 0 radical (unpaired) electrons. The first-order valence-corrected chi connectivity index (χ1v) is 8.40. The van der Waals surface area contributed by atoms with Crippen LogP contribution in [0.1, 0.15) is 18.4 Å². The maximum atomic E-state index is 14.3. The molecule has 6 heteroatoms. The summed E-state index contributed by atoms with van der Waals surface area (Å²) in [6, 6.07) is 11.6. The third-order valence-electron chi connectivity index (χ3n) is 4.21. The van der Waals surface area contributed by atoms with Crippen molar-refractivity contribution in [2.75, 3.05) is 25.0 Å². The van der Waals surface area contributed by atoms with Gasteiger partial charge in [-0.3, -0.25) is 0 Å². The molecule has 0 aliphatic carbocycles. The molecule has 3 rings (SSSR count). The van der Waals surface area contributed by atoms with E-state index < -0.39 is 6.17 Å². The molecule has 24 heavy (non-hydrogen) atoms. The molecule has 1 aromatic heterocycles. The standard InChI is InChI=1S/C18H23FN4O/c19-16(15-6-9-20-10-7-15)12-22-18-21-11-8-17(23-18)24-13-14-4-2-1-3-5-14/h1-5,8,11,15-16,20H,6-7,9-10,12-13H2,(H,21,22,23). The highest BCUT2D eigenvalue weighted by molar-refractivity contribution is 5.28. The smallest absolute Gasteiger partial charge is 0.226 e. The van der Waals surface area contributed by atoms with Crippen LogP contribution in [0.5, 0.6) is 5.88 Å². The van der Waals surface area contributed by atoms with Crippen LogP contribution in [0.2, 0.25) is 0 Å². The van der Waals surface area contributed by atoms with Crippen LogP contribution in [0.3, 0.4) is 0 Å². The summed E-state index contributed by atoms with van der Waals surface area (Å²) in [5, 5.41) is 6.23. The van der Waals surface area contributed by atoms with Gasteiger partial charge in [-0.15, -0.1) is 0 Å². The summed E-state index contributed by atoms with van der Waals surface area (Å²) in [5.74, 6) is 0.988. The van der Waals surface area contributed by atoms with Crippen molar-refractivity contribution in [3.8, 4) is 5.88 Å². The Hall–Kier alpha value is -2.21. The minimum Gasteiger partial charge on any atom is -0.473 e. The number of halogens is 1. The maximum absolute atomic E-state index is 14.3. The molecule has 5 nitrogen and oxygen atoms in total. The van der Waals surface area contributed by atoms with Crippen molar-refractivity contribution in [2.45, 2.75) is 25.6 Å². The number of rotatable bonds is 7. The van der Waals surface area contributed by atoms with Gasteiger partial charge in [-0.25, -0.2) is 9.37 Å². The third kappa shape index (κ3) is 4.89. The second-order valence-corrected chi connectivity index (χ2v) is 5.98. The molecule has 2 aromatic rings. The Morgan fingerprint density at radius 3 is 2.79 bits per heavy atom. The molecule has 0 spiro atoms. The van der Waals surface area contributed by atoms with E-state index in [1.54, 1.807) is 12.3 Å². The monoisotopic (exact) mass is 330 g/mol. The normalized spacial score (nSPS) is 16.5. The minimum atomic E-state index is -0.885. The molecule has 1 atom stereocenters. The predicted molar refractivity (Wildman–Crippen MR) is 91.8 cm³/mol. The lowest BCUT2D eigenvalue weighted by molar-refractivity contribution is 0.198. The number of hydrogen-bond acceptors (Lipinski definition) is 5. The first-order chi connectivity index (χ1) is 11.8. The fraction of sp³-hybridized carbons (Fsp3) is 0.444. The zero-order valence-electron chi connectivity index (χ0n) is 13.6. The largest absolute Gasteiger partial charge is 0.473 e. The number of hydrogen-bond donors (Lipinski definition) is 2. The Morgan fingerprint density at radius 1 is 1.21 bits per heavy atom. The number of aromatic nitrogens is 2. The van der Waals surface area contributed by atoms with E-state index in [4.69, 9.17) is 4.74 Å². The van der Waals surface area contributed by atoms with Gasteiger partial charge in [0, 0.05) is 18.8 Å². The number of benzene rings is 1. The molecule has 0 saturated carbocycles. The molecule has 1 unspecified atom stereocenters. The zero-order valence-corrected chi connectivity index (χ0v) is 13.6. The van der Waals surface area contributed by atoms with Crippen LogP contribution in [0, 0.1) is 5.92 Å². The van der Waals surface area contributed by atoms with Gasteiger partial charge in [0.1, 0.15) is 12.8 Å². The third-order valence-corrected chi connectivity index (χ3v) is 4.21. The van der Waals surface area contributed by atoms with E-state index in [1.807, 2.05) is 30.3 Å². The SMILES string of the molecule is FC(CNc1nccc(OCc2ccccc2)n1)C1CCNCC1. The average Bonchev–Trinajstić information content (AvgIpc) is 2.66. The van der Waals surface area contributed by atoms with E-state index in [0.717, 1.165) is 31.5 Å². The summed E-state index contributed by atoms with van der Waals surface area (Å²) >= 11 is 0. The van der Waals surface area contributed by atoms with Crippen LogP contribution in [0.15, 0.2) is 42.6 Å². The average molecular weight is 330 g/mol. The number of alkyl halides is 1. The van der Waals surface area contributed by atoms with Crippen LogP contribution in [0.25, 0.3) is 0 Å². The van der Waals surface area contributed by atoms with Gasteiger partial charge < -0.3 is 15.4 Å². The van der Waals surface area contributed by atoms with Crippen molar-refractivity contribution in [3.63, 3.8) is 0 Å². The Labute approximate surface area is 141 Å². The van der Waals surface area contributed by atoms with Gasteiger partial charge in [0.25, 0.3) is 0 Å². The fourth-order valence-electron chi connectivity index (χ4n) is 2.80. The summed E-state index contributed by atoms with van der Waals surface area (Å²) in [7, 11) is 0. The first kappa shape index (κ1) is 16.6. The lowest BCUT2D eigenvalue weighted by Crippen LogP contribution is -2.35. The van der Waals surface area contributed by atoms with Gasteiger partial charge in [-0.1, -0.05) is 30.3 Å². The molecule has 1 aliphatic heterocycles. The maximum Gasteiger partial charge on any atom is 0.226 e. The first-order valence-electron chi connectivity index (χ1n) is 8.40. The second kappa shape index (κ2) is 8.59. The van der Waals surface area contributed by atoms with Crippen LogP contribution in [0.4, 0.5) is 10.3 Å². The summed E-state index contributed by atoms with van der Waals surface area (Å²) in [4.78, 5) is 8.41. The van der Waals surface area contributed by atoms with Crippen molar-refractivity contribution >= 4 is 5.95 Å². The molecular weight excluding hydrogens is 307 g/mol. The number of ether oxygens (including phenoxy) is 1. The molecule has 1 aliphatic rings. The molecule has 1 fully saturated rings. The summed E-state index contributed by atoms with van der Waals surface area (Å²) < 4.78 is 19.9. The van der Waals surface area contributed by atoms with Crippen molar-refractivity contribution < 1.29 is 9.13 Å². The highest BCUT2D eigenvalue weighted by Gasteiger charge is 2.23. The highest BCUT2D eigenvalue weighted by Crippen LogP contribution is 2.19. The van der Waals surface area contributed by atoms with Gasteiger partial charge in [0.15, 0.2) is 0 Å². The molecule has 1 aromatic carbocycles. The number of piperidine rings is 1. The molecule has 1 saturated heterocycles. The molecule has 2 heterocycles. The summed E-state index contributed by atoms with van der Waals surface area (Å²) in [5.41, 5.74) is 1.07. The molecule has 128 valence electrons. The minimum absolute atomic E-state index is 0.108. The van der Waals surface area contributed by atoms with Gasteiger partial charge in [0.2, 0.25) is 11.8 Å². The van der Waals surface area contributed by atoms with E-state index in [1.165, 1.54) is 0 Å². The quantitative estimate of drug-likeness (QED) is 0.817. The van der Waals surface area contributed by atoms with E-state index >= 15 is 0 Å². The van der Waals surface area contributed by atoms with Crippen molar-refractivity contribution in [1.82, 2.24) is 15.3 Å². The topological polar surface area (TPSA) is 59.1 Å². The van der Waals surface area contributed by atoms with E-state index in [2.05, 4.69) is 20.6 Å². The summed E-state index contributed by atoms with van der Waals surface area (Å²) in [6.45, 7) is 2.46. The highest BCUT2D eigenvalue weighted by atomic mass is 19.1. The second-order valence-electron chi connectivity index (χ2n) is 5.98. The lowest BCUT2D eigenvalue weighted by atomic mass is 9.93. The number of nitrogens with one attached hydrogen (secondary N) is 2. The molecular formula is C18H23FN4O. The Balaban J connectivity index is 1.49. The van der Waals surface area contributed by atoms with Crippen LogP contribution in [-0.4, -0.2) is 35.8 Å². The number of nitrogens with zero attached hydrogens (tertiary/aromatic N) is 2. The fourth-order valence-corrected chi connectivity index (χ4v) is 2.80. The zero-order chi connectivity index (χ0) is 16.6. The van der Waals surface area contributed by atoms with Gasteiger partial charge >= 0.3 is 0 Å². The predicted octanol–water partition coefficient (Wildman–Crippen LogP) is 2.81. The van der Waals surface area contributed by atoms with Crippen LogP contribution < -0.4 is 15.4 Å². The van der Waals surface area contributed by atoms with Crippen molar-refractivity contribution in [1.29, 1.82) is 0 Å². The van der Waals surface area contributed by atoms with E-state index in [9.17, 15) is 4.39 Å². The van der Waals surface area contributed by atoms with E-state index in [0.29, 0.717) is 18.4 Å². The van der Waals surface area contributed by atoms with E-state index in [-0.39, 0.29) is 12.5 Å². The Kier molecular flexibility index (Phi) is 5.96. The Morgan fingerprint density at radius 2 is 2.00 bits per heavy atom. The molecule has 0 bridgehead atoms. The lowest BCUT2D eigenvalue weighted by Gasteiger charge is -2.25. The van der Waals surface area contributed by atoms with Crippen molar-refractivity contribution in [2.24, 2.45) is 5.92 Å². The van der Waals surface area contributed by atoms with Gasteiger partial charge in [-0.2, -0.15) is 4.98 Å². The van der Waals surface area contributed by atoms with Crippen LogP contribution >= 0.6 is 0 Å². The molecule has 2 N–H and O–H groups in total. The van der Waals surface area contributed by atoms with Gasteiger partial charge in [-0.05, 0) is 37.4 Å². The van der Waals surface area contributed by atoms with Crippen LogP contribution in [-0.2, 0) is 6.61 Å².